The van der Waals surface area contributed by atoms with Crippen molar-refractivity contribution in [1.82, 2.24) is 4.72 Å². The van der Waals surface area contributed by atoms with Crippen LogP contribution in [0.15, 0.2) is 42.5 Å². The second-order valence-electron chi connectivity index (χ2n) is 4.82. The quantitative estimate of drug-likeness (QED) is 0.769. The fourth-order valence-electron chi connectivity index (χ4n) is 1.87. The van der Waals surface area contributed by atoms with Gasteiger partial charge in [-0.3, -0.25) is 0 Å². The van der Waals surface area contributed by atoms with E-state index in [4.69, 9.17) is 4.42 Å². The van der Waals surface area contributed by atoms with Crippen LogP contribution in [0.25, 0.3) is 0 Å². The molecule has 0 radical (unpaired) electrons. The molecule has 0 amide bonds. The molecule has 0 fully saturated rings. The zero-order chi connectivity index (χ0) is 15.8. The van der Waals surface area contributed by atoms with Gasteiger partial charge in [-0.05, 0) is 66.5 Å². The van der Waals surface area contributed by atoms with Crippen LogP contribution >= 0.6 is 31.9 Å². The Kier molecular flexibility index (Phi) is 4.97. The minimum Gasteiger partial charge on any atom is -0.465 e. The summed E-state index contributed by atoms with van der Waals surface area (Å²) >= 11 is 6.66. The highest BCUT2D eigenvalue weighted by molar-refractivity contribution is 9.11. The molecule has 1 unspecified atom stereocenters. The minimum atomic E-state index is -3.66. The highest BCUT2D eigenvalue weighted by Crippen LogP contribution is 2.30. The lowest BCUT2D eigenvalue weighted by molar-refractivity contribution is 0.441. The Morgan fingerprint density at radius 3 is 2.38 bits per heavy atom. The molecule has 0 aliphatic heterocycles. The Hall–Kier alpha value is -0.630. The van der Waals surface area contributed by atoms with Gasteiger partial charge >= 0.3 is 0 Å². The van der Waals surface area contributed by atoms with Gasteiger partial charge in [0.15, 0.2) is 0 Å². The van der Waals surface area contributed by atoms with Crippen LogP contribution in [0.1, 0.15) is 30.0 Å². The molecule has 7 heteroatoms. The van der Waals surface area contributed by atoms with E-state index in [1.807, 2.05) is 13.8 Å². The van der Waals surface area contributed by atoms with Gasteiger partial charge in [-0.15, -0.1) is 0 Å². The van der Waals surface area contributed by atoms with Crippen molar-refractivity contribution in [1.29, 1.82) is 0 Å². The normalized spacial score (nSPS) is 13.4. The Balaban J connectivity index is 2.32. The molecule has 114 valence electrons. The Labute approximate surface area is 141 Å². The molecule has 4 nitrogen and oxygen atoms in total. The number of furan rings is 1. The lowest BCUT2D eigenvalue weighted by atomic mass is 10.2. The molecule has 2 aromatic rings. The maximum Gasteiger partial charge on any atom is 0.242 e. The molecule has 1 aromatic heterocycles. The van der Waals surface area contributed by atoms with Crippen LogP contribution in [0.2, 0.25) is 0 Å². The number of aryl methyl sites for hydroxylation is 2. The molecule has 1 atom stereocenters. The van der Waals surface area contributed by atoms with Gasteiger partial charge in [0.05, 0.1) is 10.9 Å². The monoisotopic (exact) mass is 435 g/mol. The number of rotatable bonds is 4. The van der Waals surface area contributed by atoms with Crippen molar-refractivity contribution in [2.45, 2.75) is 31.7 Å². The first-order valence-electron chi connectivity index (χ1n) is 6.25. The van der Waals surface area contributed by atoms with Gasteiger partial charge in [-0.1, -0.05) is 15.9 Å². The molecule has 0 saturated heterocycles. The van der Waals surface area contributed by atoms with Gasteiger partial charge in [-0.2, -0.15) is 0 Å². The second-order valence-corrected chi connectivity index (χ2v) is 8.21. The molecule has 0 saturated carbocycles. The molecule has 1 aromatic carbocycles. The van der Waals surface area contributed by atoms with Gasteiger partial charge in [-0.25, -0.2) is 13.1 Å². The predicted molar refractivity (Wildman–Crippen MR) is 88.8 cm³/mol. The molecule has 0 aliphatic carbocycles. The Bertz CT molecular complexity index is 769. The molecule has 21 heavy (non-hydrogen) atoms. The first-order valence-corrected chi connectivity index (χ1v) is 9.32. The minimum absolute atomic E-state index is 0.190. The third kappa shape index (κ3) is 3.77. The molecule has 0 spiro atoms. The summed E-state index contributed by atoms with van der Waals surface area (Å²) in [6.07, 6.45) is 0. The van der Waals surface area contributed by atoms with Crippen molar-refractivity contribution in [3.05, 3.63) is 50.3 Å². The van der Waals surface area contributed by atoms with Crippen molar-refractivity contribution in [2.24, 2.45) is 0 Å². The van der Waals surface area contributed by atoms with E-state index in [0.717, 1.165) is 15.8 Å². The molecule has 2 rings (SSSR count). The van der Waals surface area contributed by atoms with E-state index in [9.17, 15) is 8.42 Å². The van der Waals surface area contributed by atoms with Crippen molar-refractivity contribution in [3.63, 3.8) is 0 Å². The van der Waals surface area contributed by atoms with E-state index >= 15 is 0 Å². The first kappa shape index (κ1) is 16.7. The Morgan fingerprint density at radius 2 is 1.81 bits per heavy atom. The number of hydrogen-bond donors (Lipinski definition) is 1. The van der Waals surface area contributed by atoms with Crippen LogP contribution in [0.5, 0.6) is 0 Å². The van der Waals surface area contributed by atoms with E-state index in [-0.39, 0.29) is 4.90 Å². The molecule has 0 aliphatic rings. The van der Waals surface area contributed by atoms with Crippen LogP contribution in [-0.4, -0.2) is 8.42 Å². The fraction of sp³-hybridized carbons (Fsp3) is 0.286. The number of benzene rings is 1. The van der Waals surface area contributed by atoms with Gasteiger partial charge in [0.1, 0.15) is 11.5 Å². The Morgan fingerprint density at radius 1 is 1.14 bits per heavy atom. The largest absolute Gasteiger partial charge is 0.465 e. The zero-order valence-electron chi connectivity index (χ0n) is 11.8. The summed E-state index contributed by atoms with van der Waals surface area (Å²) in [6.45, 7) is 5.46. The highest BCUT2D eigenvalue weighted by Gasteiger charge is 2.23. The van der Waals surface area contributed by atoms with Crippen LogP contribution in [0.4, 0.5) is 0 Å². The smallest absolute Gasteiger partial charge is 0.242 e. The van der Waals surface area contributed by atoms with Crippen LogP contribution in [-0.2, 0) is 10.0 Å². The average Bonchev–Trinajstić information content (AvgIpc) is 2.80. The molecular formula is C14H15Br2NO3S. The van der Waals surface area contributed by atoms with Gasteiger partial charge in [0, 0.05) is 8.95 Å². The third-order valence-electron chi connectivity index (χ3n) is 3.02. The van der Waals surface area contributed by atoms with E-state index in [1.54, 1.807) is 31.2 Å². The SMILES string of the molecule is Cc1ccc(C(C)NS(=O)(=O)c2cc(Br)c(C)cc2Br)o1. The summed E-state index contributed by atoms with van der Waals surface area (Å²) in [5.41, 5.74) is 0.954. The van der Waals surface area contributed by atoms with E-state index in [1.165, 1.54) is 0 Å². The molecule has 1 N–H and O–H groups in total. The lowest BCUT2D eigenvalue weighted by Crippen LogP contribution is -2.27. The average molecular weight is 437 g/mol. The van der Waals surface area contributed by atoms with Gasteiger partial charge in [0.25, 0.3) is 0 Å². The topological polar surface area (TPSA) is 59.3 Å². The maximum atomic E-state index is 12.5. The summed E-state index contributed by atoms with van der Waals surface area (Å²) in [7, 11) is -3.66. The van der Waals surface area contributed by atoms with Crippen LogP contribution in [0.3, 0.4) is 0 Å². The van der Waals surface area contributed by atoms with Crippen molar-refractivity contribution in [3.8, 4) is 0 Å². The van der Waals surface area contributed by atoms with Gasteiger partial charge < -0.3 is 4.42 Å². The fourth-order valence-corrected chi connectivity index (χ4v) is 4.76. The third-order valence-corrected chi connectivity index (χ3v) is 6.38. The van der Waals surface area contributed by atoms with E-state index in [2.05, 4.69) is 36.6 Å². The second kappa shape index (κ2) is 6.24. The van der Waals surface area contributed by atoms with Crippen LogP contribution in [0, 0.1) is 13.8 Å². The summed E-state index contributed by atoms with van der Waals surface area (Å²) in [5, 5.41) is 0. The van der Waals surface area contributed by atoms with Crippen LogP contribution < -0.4 is 4.72 Å². The molecule has 0 bridgehead atoms. The number of nitrogens with one attached hydrogen (secondary N) is 1. The standard InChI is InChI=1S/C14H15Br2NO3S/c1-8-6-12(16)14(7-11(8)15)21(18,19)17-10(3)13-5-4-9(2)20-13/h4-7,10,17H,1-3H3. The summed E-state index contributed by atoms with van der Waals surface area (Å²) in [5.74, 6) is 1.33. The molecular weight excluding hydrogens is 422 g/mol. The van der Waals surface area contributed by atoms with E-state index < -0.39 is 16.1 Å². The first-order chi connectivity index (χ1) is 9.70. The van der Waals surface area contributed by atoms with Crippen molar-refractivity contribution < 1.29 is 12.8 Å². The van der Waals surface area contributed by atoms with Crippen molar-refractivity contribution >= 4 is 41.9 Å². The summed E-state index contributed by atoms with van der Waals surface area (Å²) in [4.78, 5) is 0.190. The highest BCUT2D eigenvalue weighted by atomic mass is 79.9. The predicted octanol–water partition coefficient (Wildman–Crippen LogP) is 4.46. The van der Waals surface area contributed by atoms with Crippen molar-refractivity contribution in [2.75, 3.05) is 0 Å². The van der Waals surface area contributed by atoms with E-state index in [0.29, 0.717) is 10.2 Å². The number of sulfonamides is 1. The van der Waals surface area contributed by atoms with Gasteiger partial charge in [0.2, 0.25) is 10.0 Å². The molecule has 1 heterocycles. The lowest BCUT2D eigenvalue weighted by Gasteiger charge is -2.14. The summed E-state index contributed by atoms with van der Waals surface area (Å²) < 4.78 is 34.3. The summed E-state index contributed by atoms with van der Waals surface area (Å²) in [6, 6.07) is 6.47. The number of hydrogen-bond acceptors (Lipinski definition) is 3. The maximum absolute atomic E-state index is 12.5. The zero-order valence-corrected chi connectivity index (χ0v) is 15.8. The number of halogens is 2.